The Morgan fingerprint density at radius 1 is 1.12 bits per heavy atom. The van der Waals surface area contributed by atoms with Gasteiger partial charge in [-0.2, -0.15) is 0 Å². The van der Waals surface area contributed by atoms with E-state index >= 15 is 0 Å². The summed E-state index contributed by atoms with van der Waals surface area (Å²) >= 11 is 0. The normalized spacial score (nSPS) is 25.6. The summed E-state index contributed by atoms with van der Waals surface area (Å²) < 4.78 is 0. The third kappa shape index (κ3) is 1.42. The third-order valence-electron chi connectivity index (χ3n) is 3.96. The van der Waals surface area contributed by atoms with Crippen LogP contribution >= 0.6 is 0 Å². The van der Waals surface area contributed by atoms with Gasteiger partial charge in [-0.15, -0.1) is 0 Å². The first kappa shape index (κ1) is 10.1. The topological polar surface area (TPSA) is 0 Å². The molecule has 0 nitrogen and oxygen atoms in total. The number of hydrogen-bond acceptors (Lipinski definition) is 0. The zero-order valence-corrected chi connectivity index (χ0v) is 11.0. The van der Waals surface area contributed by atoms with E-state index in [1.54, 1.807) is 11.1 Å². The Hall–Kier alpha value is -1.08. The van der Waals surface area contributed by atoms with Crippen molar-refractivity contribution >= 4 is 14.1 Å². The summed E-state index contributed by atoms with van der Waals surface area (Å²) in [5.74, 6) is 0. The van der Waals surface area contributed by atoms with Crippen molar-refractivity contribution in [2.24, 2.45) is 0 Å². The summed E-state index contributed by atoms with van der Waals surface area (Å²) in [4.78, 5) is 0. The van der Waals surface area contributed by atoms with Gasteiger partial charge in [-0.05, 0) is 23.6 Å². The highest BCUT2D eigenvalue weighted by atomic mass is 28.3. The van der Waals surface area contributed by atoms with Crippen molar-refractivity contribution in [1.82, 2.24) is 0 Å². The molecule has 1 unspecified atom stereocenters. The van der Waals surface area contributed by atoms with Gasteiger partial charge in [0.05, 0.1) is 8.07 Å². The molecule has 1 aromatic carbocycles. The van der Waals surface area contributed by atoms with Crippen molar-refractivity contribution in [1.29, 1.82) is 0 Å². The summed E-state index contributed by atoms with van der Waals surface area (Å²) in [6.45, 7) is 5.06. The maximum atomic E-state index is 2.53. The largest absolute Gasteiger partial charge is 0.0908 e. The van der Waals surface area contributed by atoms with Crippen LogP contribution in [0.25, 0.3) is 6.08 Å². The van der Waals surface area contributed by atoms with Crippen LogP contribution in [-0.4, -0.2) is 8.07 Å². The van der Waals surface area contributed by atoms with Gasteiger partial charge in [-0.3, -0.25) is 0 Å². The van der Waals surface area contributed by atoms with Crippen molar-refractivity contribution in [2.75, 3.05) is 0 Å². The van der Waals surface area contributed by atoms with E-state index in [-0.39, 0.29) is 0 Å². The second kappa shape index (κ2) is 3.46. The zero-order chi connectivity index (χ0) is 11.2. The predicted octanol–water partition coefficient (Wildman–Crippen LogP) is 4.37. The van der Waals surface area contributed by atoms with Gasteiger partial charge in [-0.1, -0.05) is 61.2 Å². The molecule has 3 rings (SSSR count). The summed E-state index contributed by atoms with van der Waals surface area (Å²) in [6, 6.07) is 10.3. The maximum Gasteiger partial charge on any atom is 0.0637 e. The number of hydrogen-bond donors (Lipinski definition) is 0. The Morgan fingerprint density at radius 3 is 2.81 bits per heavy atom. The Morgan fingerprint density at radius 2 is 1.94 bits per heavy atom. The van der Waals surface area contributed by atoms with Gasteiger partial charge in [0.2, 0.25) is 0 Å². The molecule has 0 bridgehead atoms. The molecule has 16 heavy (non-hydrogen) atoms. The Balaban J connectivity index is 2.15. The summed E-state index contributed by atoms with van der Waals surface area (Å²) in [6.07, 6.45) is 8.38. The molecule has 1 aliphatic carbocycles. The average molecular weight is 226 g/mol. The fraction of sp³-hybridized carbons (Fsp3) is 0.333. The van der Waals surface area contributed by atoms with E-state index in [1.165, 1.54) is 11.6 Å². The van der Waals surface area contributed by atoms with Gasteiger partial charge in [0.15, 0.2) is 0 Å². The van der Waals surface area contributed by atoms with E-state index in [0.717, 1.165) is 12.0 Å². The minimum atomic E-state index is -1.18. The Kier molecular flexibility index (Phi) is 2.18. The van der Waals surface area contributed by atoms with Crippen LogP contribution in [0, 0.1) is 0 Å². The molecule has 0 amide bonds. The molecule has 1 atom stereocenters. The molecule has 0 radical (unpaired) electrons. The molecule has 82 valence electrons. The fourth-order valence-corrected chi connectivity index (χ4v) is 6.53. The molecule has 0 N–H and O–H groups in total. The summed E-state index contributed by atoms with van der Waals surface area (Å²) in [5, 5.41) is 0. The lowest BCUT2D eigenvalue weighted by molar-refractivity contribution is 1.03. The molecule has 0 saturated heterocycles. The van der Waals surface area contributed by atoms with Gasteiger partial charge >= 0.3 is 0 Å². The van der Waals surface area contributed by atoms with Gasteiger partial charge in [0.1, 0.15) is 0 Å². The van der Waals surface area contributed by atoms with Crippen LogP contribution in [0.2, 0.25) is 19.1 Å². The maximum absolute atomic E-state index is 2.53. The summed E-state index contributed by atoms with van der Waals surface area (Å²) in [7, 11) is -1.18. The minimum Gasteiger partial charge on any atom is -0.0908 e. The minimum absolute atomic E-state index is 0.763. The SMILES string of the molecule is C[Si]1(C)CC=CCC2=Cc3ccccc3C21. The van der Waals surface area contributed by atoms with Crippen LogP contribution in [0.1, 0.15) is 23.1 Å². The summed E-state index contributed by atoms with van der Waals surface area (Å²) in [5.41, 5.74) is 5.49. The van der Waals surface area contributed by atoms with Crippen LogP contribution in [-0.2, 0) is 0 Å². The van der Waals surface area contributed by atoms with Crippen molar-refractivity contribution in [2.45, 2.75) is 31.1 Å². The lowest BCUT2D eigenvalue weighted by Crippen LogP contribution is -2.33. The fourth-order valence-electron chi connectivity index (χ4n) is 3.21. The highest BCUT2D eigenvalue weighted by Gasteiger charge is 2.38. The van der Waals surface area contributed by atoms with E-state index in [9.17, 15) is 0 Å². The van der Waals surface area contributed by atoms with E-state index < -0.39 is 8.07 Å². The number of rotatable bonds is 0. The van der Waals surface area contributed by atoms with Crippen LogP contribution in [0.3, 0.4) is 0 Å². The Labute approximate surface area is 98.7 Å². The van der Waals surface area contributed by atoms with E-state index in [2.05, 4.69) is 55.6 Å². The van der Waals surface area contributed by atoms with Crippen molar-refractivity contribution in [3.05, 3.63) is 53.1 Å². The first-order valence-corrected chi connectivity index (χ1v) is 9.41. The smallest absolute Gasteiger partial charge is 0.0637 e. The lowest BCUT2D eigenvalue weighted by atomic mass is 10.1. The van der Waals surface area contributed by atoms with Crippen LogP contribution in [0.4, 0.5) is 0 Å². The van der Waals surface area contributed by atoms with Crippen LogP contribution < -0.4 is 0 Å². The van der Waals surface area contributed by atoms with E-state index in [4.69, 9.17) is 0 Å². The third-order valence-corrected chi connectivity index (χ3v) is 7.50. The first-order valence-electron chi connectivity index (χ1n) is 6.13. The molecule has 0 aromatic heterocycles. The Bertz CT molecular complexity index is 480. The van der Waals surface area contributed by atoms with Crippen molar-refractivity contribution in [3.8, 4) is 0 Å². The second-order valence-corrected chi connectivity index (χ2v) is 10.6. The number of benzene rings is 1. The monoisotopic (exact) mass is 226 g/mol. The quantitative estimate of drug-likeness (QED) is 0.455. The molecule has 0 spiro atoms. The van der Waals surface area contributed by atoms with Crippen molar-refractivity contribution < 1.29 is 0 Å². The molecule has 1 heteroatoms. The van der Waals surface area contributed by atoms with Gasteiger partial charge in [-0.25, -0.2) is 0 Å². The molecule has 0 saturated carbocycles. The highest BCUT2D eigenvalue weighted by molar-refractivity contribution is 6.80. The molecule has 1 heterocycles. The number of allylic oxidation sites excluding steroid dienone is 3. The molecule has 2 aliphatic rings. The predicted molar refractivity (Wildman–Crippen MR) is 73.2 cm³/mol. The van der Waals surface area contributed by atoms with E-state index in [1.807, 2.05) is 0 Å². The van der Waals surface area contributed by atoms with E-state index in [0.29, 0.717) is 0 Å². The zero-order valence-electron chi connectivity index (χ0n) is 10.0. The lowest BCUT2D eigenvalue weighted by Gasteiger charge is -2.30. The standard InChI is InChI=1S/C15H18Si/c1-16(2)10-6-5-8-13-11-12-7-3-4-9-14(12)15(13)16/h3-7,9,11,15H,8,10H2,1-2H3. The van der Waals surface area contributed by atoms with Gasteiger partial charge in [0.25, 0.3) is 0 Å². The molecular weight excluding hydrogens is 208 g/mol. The molecule has 1 aromatic rings. The number of fused-ring (bicyclic) bond motifs is 3. The van der Waals surface area contributed by atoms with Crippen LogP contribution in [0.5, 0.6) is 0 Å². The molecule has 0 fully saturated rings. The van der Waals surface area contributed by atoms with Crippen molar-refractivity contribution in [3.63, 3.8) is 0 Å². The first-order chi connectivity index (χ1) is 7.68. The van der Waals surface area contributed by atoms with Gasteiger partial charge in [0, 0.05) is 5.54 Å². The molecular formula is C15H18Si. The second-order valence-electron chi connectivity index (χ2n) is 5.65. The van der Waals surface area contributed by atoms with Gasteiger partial charge < -0.3 is 0 Å². The molecule has 1 aliphatic heterocycles. The van der Waals surface area contributed by atoms with Crippen LogP contribution in [0.15, 0.2) is 42.0 Å². The average Bonchev–Trinajstić information content (AvgIpc) is 2.56. The highest BCUT2D eigenvalue weighted by Crippen LogP contribution is 2.46.